The molecular weight excluding hydrogens is 382 g/mol. The van der Waals surface area contributed by atoms with E-state index in [-0.39, 0.29) is 30.7 Å². The summed E-state index contributed by atoms with van der Waals surface area (Å²) in [5.41, 5.74) is 4.97. The van der Waals surface area contributed by atoms with E-state index in [1.807, 2.05) is 12.1 Å². The maximum Gasteiger partial charge on any atom is 0.255 e. The van der Waals surface area contributed by atoms with Crippen LogP contribution in [0.1, 0.15) is 56.7 Å². The van der Waals surface area contributed by atoms with Crippen molar-refractivity contribution in [3.05, 3.63) is 64.2 Å². The number of benzene rings is 2. The summed E-state index contributed by atoms with van der Waals surface area (Å²) in [5.74, 6) is -1.12. The SMILES string of the molecule is O=C1CCC(N2Cc3cc(NC(=O)c4cccc5c4CCC5)ccc3C2=O)C(=O)N1. The van der Waals surface area contributed by atoms with Crippen molar-refractivity contribution in [3.63, 3.8) is 0 Å². The number of hydrogen-bond donors (Lipinski definition) is 2. The molecule has 1 fully saturated rings. The van der Waals surface area contributed by atoms with E-state index in [1.54, 1.807) is 18.2 Å². The molecule has 1 aliphatic carbocycles. The van der Waals surface area contributed by atoms with Crippen LogP contribution in [-0.2, 0) is 29.0 Å². The minimum atomic E-state index is -0.646. The van der Waals surface area contributed by atoms with Crippen molar-refractivity contribution in [1.29, 1.82) is 0 Å². The lowest BCUT2D eigenvalue weighted by Gasteiger charge is -2.29. The topological polar surface area (TPSA) is 95.6 Å². The smallest absolute Gasteiger partial charge is 0.255 e. The Bertz CT molecular complexity index is 1110. The van der Waals surface area contributed by atoms with Crippen molar-refractivity contribution < 1.29 is 19.2 Å². The van der Waals surface area contributed by atoms with Crippen LogP contribution in [0.2, 0.25) is 0 Å². The molecule has 0 aromatic heterocycles. The van der Waals surface area contributed by atoms with Gasteiger partial charge in [-0.3, -0.25) is 24.5 Å². The molecule has 152 valence electrons. The number of anilines is 1. The van der Waals surface area contributed by atoms with E-state index in [2.05, 4.69) is 16.7 Å². The fourth-order valence-electron chi connectivity index (χ4n) is 4.68. The van der Waals surface area contributed by atoms with E-state index in [9.17, 15) is 19.2 Å². The Kier molecular flexibility index (Phi) is 4.38. The number of hydrogen-bond acceptors (Lipinski definition) is 4. The van der Waals surface area contributed by atoms with Gasteiger partial charge >= 0.3 is 0 Å². The predicted octanol–water partition coefficient (Wildman–Crippen LogP) is 2.19. The molecule has 2 N–H and O–H groups in total. The molecule has 4 amide bonds. The van der Waals surface area contributed by atoms with Gasteiger partial charge < -0.3 is 10.2 Å². The highest BCUT2D eigenvalue weighted by atomic mass is 16.2. The van der Waals surface area contributed by atoms with Gasteiger partial charge in [0.1, 0.15) is 6.04 Å². The zero-order valence-corrected chi connectivity index (χ0v) is 16.4. The van der Waals surface area contributed by atoms with Crippen LogP contribution in [0.15, 0.2) is 36.4 Å². The van der Waals surface area contributed by atoms with Crippen molar-refractivity contribution in [2.75, 3.05) is 5.32 Å². The summed E-state index contributed by atoms with van der Waals surface area (Å²) in [5, 5.41) is 5.25. The van der Waals surface area contributed by atoms with Crippen LogP contribution in [0, 0.1) is 0 Å². The van der Waals surface area contributed by atoms with E-state index in [4.69, 9.17) is 0 Å². The van der Waals surface area contributed by atoms with Crippen LogP contribution < -0.4 is 10.6 Å². The maximum absolute atomic E-state index is 12.9. The molecule has 5 rings (SSSR count). The highest BCUT2D eigenvalue weighted by molar-refractivity contribution is 6.07. The van der Waals surface area contributed by atoms with Crippen LogP contribution in [0.25, 0.3) is 0 Å². The molecule has 3 aliphatic rings. The standard InChI is InChI=1S/C23H21N3O4/c27-20-10-9-19(22(29)25-20)26-12-14-11-15(7-8-17(14)23(26)30)24-21(28)18-6-2-4-13-3-1-5-16(13)18/h2,4,6-8,11,19H,1,3,5,9-10,12H2,(H,24,28)(H,25,27,29). The summed E-state index contributed by atoms with van der Waals surface area (Å²) in [4.78, 5) is 50.7. The Labute approximate surface area is 173 Å². The van der Waals surface area contributed by atoms with Crippen molar-refractivity contribution in [1.82, 2.24) is 10.2 Å². The number of carbonyl (C=O) groups is 4. The second kappa shape index (κ2) is 7.09. The van der Waals surface area contributed by atoms with Crippen molar-refractivity contribution in [2.45, 2.75) is 44.7 Å². The van der Waals surface area contributed by atoms with Gasteiger partial charge in [-0.25, -0.2) is 0 Å². The summed E-state index contributed by atoms with van der Waals surface area (Å²) in [6, 6.07) is 10.4. The van der Waals surface area contributed by atoms with Crippen LogP contribution in [0.4, 0.5) is 5.69 Å². The lowest BCUT2D eigenvalue weighted by molar-refractivity contribution is -0.136. The maximum atomic E-state index is 12.9. The summed E-state index contributed by atoms with van der Waals surface area (Å²) >= 11 is 0. The van der Waals surface area contributed by atoms with Gasteiger partial charge in [-0.15, -0.1) is 0 Å². The Balaban J connectivity index is 1.35. The van der Waals surface area contributed by atoms with Gasteiger partial charge in [-0.2, -0.15) is 0 Å². The molecule has 7 heteroatoms. The molecule has 0 radical (unpaired) electrons. The van der Waals surface area contributed by atoms with Crippen molar-refractivity contribution in [3.8, 4) is 0 Å². The largest absolute Gasteiger partial charge is 0.322 e. The lowest BCUT2D eigenvalue weighted by atomic mass is 10.0. The number of carbonyl (C=O) groups excluding carboxylic acids is 4. The molecule has 7 nitrogen and oxygen atoms in total. The van der Waals surface area contributed by atoms with Gasteiger partial charge in [0.2, 0.25) is 11.8 Å². The first-order chi connectivity index (χ1) is 14.5. The van der Waals surface area contributed by atoms with E-state index in [0.717, 1.165) is 30.4 Å². The average molecular weight is 403 g/mol. The Hall–Kier alpha value is -3.48. The van der Waals surface area contributed by atoms with Crippen LogP contribution in [0.5, 0.6) is 0 Å². The first kappa shape index (κ1) is 18.5. The molecule has 0 saturated carbocycles. The van der Waals surface area contributed by atoms with Gasteiger partial charge in [0.05, 0.1) is 0 Å². The molecule has 2 aliphatic heterocycles. The third-order valence-corrected chi connectivity index (χ3v) is 6.17. The van der Waals surface area contributed by atoms with Crippen LogP contribution in [-0.4, -0.2) is 34.6 Å². The summed E-state index contributed by atoms with van der Waals surface area (Å²) in [6.07, 6.45) is 3.54. The lowest BCUT2D eigenvalue weighted by Crippen LogP contribution is -2.52. The number of fused-ring (bicyclic) bond motifs is 2. The van der Waals surface area contributed by atoms with Gasteiger partial charge in [0.15, 0.2) is 0 Å². The molecule has 0 bridgehead atoms. The van der Waals surface area contributed by atoms with Gasteiger partial charge in [0.25, 0.3) is 11.8 Å². The fourth-order valence-corrected chi connectivity index (χ4v) is 4.68. The molecule has 1 saturated heterocycles. The van der Waals surface area contributed by atoms with Crippen LogP contribution >= 0.6 is 0 Å². The third kappa shape index (κ3) is 3.07. The molecule has 1 atom stereocenters. The molecule has 2 aromatic carbocycles. The zero-order chi connectivity index (χ0) is 20.8. The summed E-state index contributed by atoms with van der Waals surface area (Å²) in [7, 11) is 0. The van der Waals surface area contributed by atoms with E-state index >= 15 is 0 Å². The minimum Gasteiger partial charge on any atom is -0.322 e. The normalized spacial score (nSPS) is 20.1. The van der Waals surface area contributed by atoms with Gasteiger partial charge in [-0.1, -0.05) is 12.1 Å². The fraction of sp³-hybridized carbons (Fsp3) is 0.304. The number of nitrogens with one attached hydrogen (secondary N) is 2. The average Bonchev–Trinajstić information content (AvgIpc) is 3.32. The number of nitrogens with zero attached hydrogens (tertiary/aromatic N) is 1. The second-order valence-corrected chi connectivity index (χ2v) is 8.02. The molecule has 0 spiro atoms. The molecule has 2 aromatic rings. The Morgan fingerprint density at radius 3 is 2.73 bits per heavy atom. The van der Waals surface area contributed by atoms with Crippen molar-refractivity contribution >= 4 is 29.3 Å². The minimum absolute atomic E-state index is 0.153. The number of imide groups is 1. The predicted molar refractivity (Wildman–Crippen MR) is 109 cm³/mol. The summed E-state index contributed by atoms with van der Waals surface area (Å²) < 4.78 is 0. The highest BCUT2D eigenvalue weighted by Crippen LogP contribution is 2.30. The van der Waals surface area contributed by atoms with Crippen LogP contribution in [0.3, 0.4) is 0 Å². The zero-order valence-electron chi connectivity index (χ0n) is 16.4. The highest BCUT2D eigenvalue weighted by Gasteiger charge is 2.39. The van der Waals surface area contributed by atoms with E-state index < -0.39 is 11.9 Å². The monoisotopic (exact) mass is 403 g/mol. The summed E-state index contributed by atoms with van der Waals surface area (Å²) in [6.45, 7) is 0.283. The molecule has 1 unspecified atom stereocenters. The number of aryl methyl sites for hydroxylation is 1. The molecule has 2 heterocycles. The molecular formula is C23H21N3O4. The first-order valence-electron chi connectivity index (χ1n) is 10.2. The van der Waals surface area contributed by atoms with E-state index in [1.165, 1.54) is 10.5 Å². The Morgan fingerprint density at radius 1 is 1.03 bits per heavy atom. The first-order valence-corrected chi connectivity index (χ1v) is 10.2. The van der Waals surface area contributed by atoms with Crippen molar-refractivity contribution in [2.24, 2.45) is 0 Å². The number of amides is 4. The number of piperidine rings is 1. The third-order valence-electron chi connectivity index (χ3n) is 6.17. The Morgan fingerprint density at radius 2 is 1.90 bits per heavy atom. The van der Waals surface area contributed by atoms with Gasteiger partial charge in [0, 0.05) is 29.8 Å². The second-order valence-electron chi connectivity index (χ2n) is 8.02. The number of rotatable bonds is 3. The quantitative estimate of drug-likeness (QED) is 0.768. The van der Waals surface area contributed by atoms with Gasteiger partial charge in [-0.05, 0) is 66.6 Å². The van der Waals surface area contributed by atoms with E-state index in [0.29, 0.717) is 23.2 Å². The molecule has 30 heavy (non-hydrogen) atoms.